The van der Waals surface area contributed by atoms with Gasteiger partial charge in [0.1, 0.15) is 0 Å². The molecule has 0 unspecified atom stereocenters. The van der Waals surface area contributed by atoms with Crippen molar-refractivity contribution in [2.45, 2.75) is 6.92 Å². The molecule has 0 aliphatic rings. The Labute approximate surface area is 127 Å². The van der Waals surface area contributed by atoms with Gasteiger partial charge < -0.3 is 5.32 Å². The van der Waals surface area contributed by atoms with Crippen LogP contribution in [0.25, 0.3) is 10.9 Å². The first-order chi connectivity index (χ1) is 10.1. The number of anilines is 1. The number of nitrogens with one attached hydrogen (secondary N) is 1. The van der Waals surface area contributed by atoms with Gasteiger partial charge in [-0.25, -0.2) is 0 Å². The molecule has 104 valence electrons. The van der Waals surface area contributed by atoms with Gasteiger partial charge in [-0.2, -0.15) is 0 Å². The van der Waals surface area contributed by atoms with E-state index in [9.17, 15) is 4.79 Å². The number of carbonyl (C=O) groups excluding carboxylic acids is 1. The molecule has 0 atom stereocenters. The van der Waals surface area contributed by atoms with Crippen LogP contribution in [0.4, 0.5) is 5.69 Å². The molecule has 1 amide bonds. The molecular weight excluding hydrogens is 284 g/mol. The lowest BCUT2D eigenvalue weighted by Crippen LogP contribution is -2.11. The third-order valence-electron chi connectivity index (χ3n) is 3.20. The fraction of sp³-hybridized carbons (Fsp3) is 0.0588. The number of benzene rings is 2. The highest BCUT2D eigenvalue weighted by molar-refractivity contribution is 6.30. The zero-order valence-electron chi connectivity index (χ0n) is 11.4. The van der Waals surface area contributed by atoms with Crippen molar-refractivity contribution in [3.05, 3.63) is 70.9 Å². The van der Waals surface area contributed by atoms with Crippen LogP contribution in [-0.4, -0.2) is 10.9 Å². The number of halogens is 1. The number of amides is 1. The Morgan fingerprint density at radius 3 is 2.52 bits per heavy atom. The van der Waals surface area contributed by atoms with E-state index in [1.165, 1.54) is 0 Å². The van der Waals surface area contributed by atoms with Crippen molar-refractivity contribution in [1.29, 1.82) is 0 Å². The summed E-state index contributed by atoms with van der Waals surface area (Å²) in [6, 6.07) is 16.5. The van der Waals surface area contributed by atoms with E-state index in [1.54, 1.807) is 36.4 Å². The second-order valence-corrected chi connectivity index (χ2v) is 5.26. The van der Waals surface area contributed by atoms with Crippen molar-refractivity contribution < 1.29 is 4.79 Å². The molecule has 21 heavy (non-hydrogen) atoms. The number of hydrogen-bond acceptors (Lipinski definition) is 2. The standard InChI is InChI=1S/C17H13ClN2O/c1-11-2-3-12-4-5-13(10-16(12)19-11)17(21)20-15-8-6-14(18)7-9-15/h2-10H,1H3,(H,20,21). The van der Waals surface area contributed by atoms with Crippen molar-refractivity contribution in [3.8, 4) is 0 Å². The minimum Gasteiger partial charge on any atom is -0.322 e. The molecule has 1 heterocycles. The molecule has 2 aromatic carbocycles. The molecule has 1 N–H and O–H groups in total. The van der Waals surface area contributed by atoms with Crippen LogP contribution in [0.2, 0.25) is 5.02 Å². The Hall–Kier alpha value is -2.39. The zero-order valence-corrected chi connectivity index (χ0v) is 12.2. The number of fused-ring (bicyclic) bond motifs is 1. The molecule has 3 rings (SSSR count). The molecule has 1 aromatic heterocycles. The Morgan fingerprint density at radius 2 is 1.76 bits per heavy atom. The van der Waals surface area contributed by atoms with Gasteiger partial charge in [-0.05, 0) is 49.4 Å². The average molecular weight is 297 g/mol. The topological polar surface area (TPSA) is 42.0 Å². The highest BCUT2D eigenvalue weighted by Crippen LogP contribution is 2.17. The third-order valence-corrected chi connectivity index (χ3v) is 3.45. The predicted octanol–water partition coefficient (Wildman–Crippen LogP) is 4.45. The number of nitrogens with zero attached hydrogens (tertiary/aromatic N) is 1. The summed E-state index contributed by atoms with van der Waals surface area (Å²) in [5, 5.41) is 4.49. The number of aryl methyl sites for hydroxylation is 1. The summed E-state index contributed by atoms with van der Waals surface area (Å²) in [5.74, 6) is -0.164. The van der Waals surface area contributed by atoms with Crippen LogP contribution >= 0.6 is 11.6 Å². The first kappa shape index (κ1) is 13.6. The van der Waals surface area contributed by atoms with Crippen molar-refractivity contribution in [2.24, 2.45) is 0 Å². The first-order valence-electron chi connectivity index (χ1n) is 6.56. The van der Waals surface area contributed by atoms with Crippen LogP contribution in [0, 0.1) is 6.92 Å². The molecule has 3 aromatic rings. The van der Waals surface area contributed by atoms with E-state index in [0.717, 1.165) is 16.6 Å². The van der Waals surface area contributed by atoms with Crippen molar-refractivity contribution in [1.82, 2.24) is 4.98 Å². The molecule has 0 saturated carbocycles. The average Bonchev–Trinajstić information content (AvgIpc) is 2.48. The van der Waals surface area contributed by atoms with E-state index in [4.69, 9.17) is 11.6 Å². The highest BCUT2D eigenvalue weighted by Gasteiger charge is 2.07. The Kier molecular flexibility index (Phi) is 3.59. The number of hydrogen-bond donors (Lipinski definition) is 1. The summed E-state index contributed by atoms with van der Waals surface area (Å²) in [5.41, 5.74) is 3.04. The van der Waals surface area contributed by atoms with E-state index in [-0.39, 0.29) is 5.91 Å². The molecule has 0 aliphatic heterocycles. The number of aromatic nitrogens is 1. The monoisotopic (exact) mass is 296 g/mol. The Balaban J connectivity index is 1.88. The largest absolute Gasteiger partial charge is 0.322 e. The van der Waals surface area contributed by atoms with E-state index in [1.807, 2.05) is 25.1 Å². The van der Waals surface area contributed by atoms with Gasteiger partial charge in [-0.1, -0.05) is 23.7 Å². The number of pyridine rings is 1. The molecule has 3 nitrogen and oxygen atoms in total. The molecule has 0 bridgehead atoms. The second kappa shape index (κ2) is 5.54. The van der Waals surface area contributed by atoms with Gasteiger partial charge in [0.15, 0.2) is 0 Å². The lowest BCUT2D eigenvalue weighted by Gasteiger charge is -2.06. The summed E-state index contributed by atoms with van der Waals surface area (Å²) in [6.07, 6.45) is 0. The zero-order chi connectivity index (χ0) is 14.8. The van der Waals surface area contributed by atoms with Crippen LogP contribution in [0.5, 0.6) is 0 Å². The highest BCUT2D eigenvalue weighted by atomic mass is 35.5. The number of carbonyl (C=O) groups is 1. The van der Waals surface area contributed by atoms with Gasteiger partial charge in [0.25, 0.3) is 5.91 Å². The van der Waals surface area contributed by atoms with Crippen molar-refractivity contribution in [3.63, 3.8) is 0 Å². The molecule has 0 fully saturated rings. The van der Waals surface area contributed by atoms with E-state index < -0.39 is 0 Å². The maximum Gasteiger partial charge on any atom is 0.255 e. The van der Waals surface area contributed by atoms with E-state index in [0.29, 0.717) is 16.3 Å². The maximum atomic E-state index is 12.3. The normalized spacial score (nSPS) is 10.6. The summed E-state index contributed by atoms with van der Waals surface area (Å²) >= 11 is 5.82. The van der Waals surface area contributed by atoms with Crippen LogP contribution in [0.1, 0.15) is 16.1 Å². The van der Waals surface area contributed by atoms with Gasteiger partial charge in [-0.15, -0.1) is 0 Å². The van der Waals surface area contributed by atoms with Gasteiger partial charge in [0.05, 0.1) is 5.52 Å². The molecule has 4 heteroatoms. The quantitative estimate of drug-likeness (QED) is 0.759. The van der Waals surface area contributed by atoms with Gasteiger partial charge in [-0.3, -0.25) is 9.78 Å². The first-order valence-corrected chi connectivity index (χ1v) is 6.94. The Morgan fingerprint density at radius 1 is 1.05 bits per heavy atom. The van der Waals surface area contributed by atoms with Crippen molar-refractivity contribution in [2.75, 3.05) is 5.32 Å². The molecule has 0 saturated heterocycles. The SMILES string of the molecule is Cc1ccc2ccc(C(=O)Nc3ccc(Cl)cc3)cc2n1. The van der Waals surface area contributed by atoms with Crippen LogP contribution in [0.3, 0.4) is 0 Å². The van der Waals surface area contributed by atoms with Crippen LogP contribution < -0.4 is 5.32 Å². The van der Waals surface area contributed by atoms with Gasteiger partial charge in [0, 0.05) is 27.4 Å². The van der Waals surface area contributed by atoms with Crippen molar-refractivity contribution >= 4 is 34.1 Å². The Bertz CT molecular complexity index is 813. The van der Waals surface area contributed by atoms with Gasteiger partial charge in [0.2, 0.25) is 0 Å². The molecule has 0 radical (unpaired) electrons. The molecule has 0 aliphatic carbocycles. The minimum atomic E-state index is -0.164. The number of rotatable bonds is 2. The maximum absolute atomic E-state index is 12.3. The molecule has 0 spiro atoms. The lowest BCUT2D eigenvalue weighted by molar-refractivity contribution is 0.102. The third kappa shape index (κ3) is 3.03. The van der Waals surface area contributed by atoms with Crippen LogP contribution in [0.15, 0.2) is 54.6 Å². The van der Waals surface area contributed by atoms with E-state index in [2.05, 4.69) is 10.3 Å². The van der Waals surface area contributed by atoms with E-state index >= 15 is 0 Å². The fourth-order valence-electron chi connectivity index (χ4n) is 2.10. The summed E-state index contributed by atoms with van der Waals surface area (Å²) < 4.78 is 0. The smallest absolute Gasteiger partial charge is 0.255 e. The summed E-state index contributed by atoms with van der Waals surface area (Å²) in [4.78, 5) is 16.7. The summed E-state index contributed by atoms with van der Waals surface area (Å²) in [7, 11) is 0. The second-order valence-electron chi connectivity index (χ2n) is 4.82. The van der Waals surface area contributed by atoms with Gasteiger partial charge >= 0.3 is 0 Å². The molecular formula is C17H13ClN2O. The van der Waals surface area contributed by atoms with Crippen LogP contribution in [-0.2, 0) is 0 Å². The minimum absolute atomic E-state index is 0.164. The lowest BCUT2D eigenvalue weighted by atomic mass is 10.1. The summed E-state index contributed by atoms with van der Waals surface area (Å²) in [6.45, 7) is 1.93. The fourth-order valence-corrected chi connectivity index (χ4v) is 2.22. The predicted molar refractivity (Wildman–Crippen MR) is 85.9 cm³/mol.